The van der Waals surface area contributed by atoms with Gasteiger partial charge < -0.3 is 5.32 Å². The van der Waals surface area contributed by atoms with Crippen LogP contribution in [0.5, 0.6) is 0 Å². The van der Waals surface area contributed by atoms with Crippen LogP contribution in [0.3, 0.4) is 0 Å². The number of benzene rings is 1. The van der Waals surface area contributed by atoms with E-state index in [0.29, 0.717) is 6.04 Å². The molecule has 1 aromatic carbocycles. The van der Waals surface area contributed by atoms with Gasteiger partial charge in [0.25, 0.3) is 0 Å². The summed E-state index contributed by atoms with van der Waals surface area (Å²) in [5.41, 5.74) is 2.49. The van der Waals surface area contributed by atoms with Gasteiger partial charge in [-0.05, 0) is 39.4 Å². The van der Waals surface area contributed by atoms with Crippen molar-refractivity contribution in [2.24, 2.45) is 0 Å². The lowest BCUT2D eigenvalue weighted by Crippen LogP contribution is -2.36. The molecule has 0 aliphatic carbocycles. The Hall–Kier alpha value is -1.10. The molecule has 1 fully saturated rings. The van der Waals surface area contributed by atoms with Crippen LogP contribution in [-0.2, 0) is 13.1 Å². The van der Waals surface area contributed by atoms with Gasteiger partial charge in [-0.25, -0.2) is 0 Å². The fourth-order valence-electron chi connectivity index (χ4n) is 3.32. The molecule has 1 saturated heterocycles. The molecule has 0 spiro atoms. The van der Waals surface area contributed by atoms with Gasteiger partial charge >= 0.3 is 0 Å². The Morgan fingerprint density at radius 2 is 2.14 bits per heavy atom. The average molecular weight is 309 g/mol. The van der Waals surface area contributed by atoms with Gasteiger partial charge in [-0.15, -0.1) is 12.4 Å². The maximum atomic E-state index is 4.82. The van der Waals surface area contributed by atoms with Crippen molar-refractivity contribution in [3.05, 3.63) is 30.0 Å². The molecule has 2 aromatic rings. The Morgan fingerprint density at radius 3 is 2.90 bits per heavy atom. The van der Waals surface area contributed by atoms with Gasteiger partial charge in [0.15, 0.2) is 0 Å². The number of nitrogens with one attached hydrogen (secondary N) is 1. The van der Waals surface area contributed by atoms with Gasteiger partial charge in [0.05, 0.1) is 11.2 Å². The third kappa shape index (κ3) is 3.23. The highest BCUT2D eigenvalue weighted by atomic mass is 35.5. The number of fused-ring (bicyclic) bond motifs is 1. The number of rotatable bonds is 5. The van der Waals surface area contributed by atoms with E-state index in [4.69, 9.17) is 5.10 Å². The van der Waals surface area contributed by atoms with Crippen LogP contribution in [0.1, 0.15) is 25.5 Å². The molecule has 1 aliphatic rings. The van der Waals surface area contributed by atoms with Crippen LogP contribution in [0.2, 0.25) is 0 Å². The van der Waals surface area contributed by atoms with E-state index < -0.39 is 0 Å². The predicted molar refractivity (Wildman–Crippen MR) is 90.0 cm³/mol. The number of likely N-dealkylation sites (tertiary alicyclic amines) is 1. The summed E-state index contributed by atoms with van der Waals surface area (Å²) < 4.78 is 2.12. The number of hydrogen-bond acceptors (Lipinski definition) is 3. The zero-order chi connectivity index (χ0) is 13.9. The summed E-state index contributed by atoms with van der Waals surface area (Å²) in [7, 11) is 2.04. The Morgan fingerprint density at radius 1 is 1.33 bits per heavy atom. The minimum Gasteiger partial charge on any atom is -0.318 e. The van der Waals surface area contributed by atoms with Gasteiger partial charge in [-0.3, -0.25) is 9.58 Å². The molecular formula is C16H25ClN4. The van der Waals surface area contributed by atoms with E-state index in [1.807, 2.05) is 7.05 Å². The van der Waals surface area contributed by atoms with Crippen LogP contribution in [0, 0.1) is 0 Å². The first-order valence-corrected chi connectivity index (χ1v) is 7.66. The van der Waals surface area contributed by atoms with Gasteiger partial charge in [0, 0.05) is 31.1 Å². The average Bonchev–Trinajstić information content (AvgIpc) is 3.05. The van der Waals surface area contributed by atoms with Crippen molar-refractivity contribution in [1.29, 1.82) is 0 Å². The van der Waals surface area contributed by atoms with E-state index >= 15 is 0 Å². The summed E-state index contributed by atoms with van der Waals surface area (Å²) in [5.74, 6) is 0. The second kappa shape index (κ2) is 7.25. The molecule has 0 bridgehead atoms. The fourth-order valence-corrected chi connectivity index (χ4v) is 3.32. The highest BCUT2D eigenvalue weighted by molar-refractivity contribution is 5.85. The number of aromatic nitrogens is 2. The minimum absolute atomic E-state index is 0. The third-order valence-electron chi connectivity index (χ3n) is 4.33. The van der Waals surface area contributed by atoms with Crippen LogP contribution in [-0.4, -0.2) is 40.9 Å². The molecule has 0 radical (unpaired) electrons. The van der Waals surface area contributed by atoms with Gasteiger partial charge in [-0.2, -0.15) is 5.10 Å². The first kappa shape index (κ1) is 16.3. The third-order valence-corrected chi connectivity index (χ3v) is 4.33. The zero-order valence-electron chi connectivity index (χ0n) is 12.9. The van der Waals surface area contributed by atoms with E-state index in [1.165, 1.54) is 36.0 Å². The normalized spacial score (nSPS) is 19.0. The molecule has 1 aliphatic heterocycles. The lowest BCUT2D eigenvalue weighted by atomic mass is 10.2. The van der Waals surface area contributed by atoms with Gasteiger partial charge in [0.1, 0.15) is 0 Å². The van der Waals surface area contributed by atoms with E-state index in [1.54, 1.807) is 0 Å². The standard InChI is InChI=1S/C16H24N4.ClH/c1-3-20-16-9-5-4-8-14(16)15(18-20)12-19-10-6-7-13(19)11-17-2;/h4-5,8-9,13,17H,3,6-7,10-12H2,1-2H3;1H. The maximum Gasteiger partial charge on any atom is 0.0843 e. The van der Waals surface area contributed by atoms with Crippen LogP contribution in [0.4, 0.5) is 0 Å². The molecule has 5 heteroatoms. The molecule has 1 N–H and O–H groups in total. The number of likely N-dealkylation sites (N-methyl/N-ethyl adjacent to an activating group) is 1. The first-order chi connectivity index (χ1) is 9.83. The Labute approximate surface area is 132 Å². The molecule has 0 saturated carbocycles. The van der Waals surface area contributed by atoms with Crippen molar-refractivity contribution in [3.63, 3.8) is 0 Å². The minimum atomic E-state index is 0. The second-order valence-corrected chi connectivity index (χ2v) is 5.60. The van der Waals surface area contributed by atoms with Crippen molar-refractivity contribution >= 4 is 23.3 Å². The molecule has 1 atom stereocenters. The lowest BCUT2D eigenvalue weighted by molar-refractivity contribution is 0.239. The second-order valence-electron chi connectivity index (χ2n) is 5.60. The number of hydrogen-bond donors (Lipinski definition) is 1. The van der Waals surface area contributed by atoms with Crippen LogP contribution < -0.4 is 5.32 Å². The SMILES string of the molecule is CCn1nc(CN2CCCC2CNC)c2ccccc21.Cl. The van der Waals surface area contributed by atoms with Crippen LogP contribution in [0.25, 0.3) is 10.9 Å². The summed E-state index contributed by atoms with van der Waals surface area (Å²) in [6, 6.07) is 9.24. The molecule has 4 nitrogen and oxygen atoms in total. The highest BCUT2D eigenvalue weighted by Gasteiger charge is 2.25. The number of halogens is 1. The smallest absolute Gasteiger partial charge is 0.0843 e. The van der Waals surface area contributed by atoms with E-state index in [2.05, 4.69) is 46.1 Å². The molecule has 21 heavy (non-hydrogen) atoms. The molecular weight excluding hydrogens is 284 g/mol. The summed E-state index contributed by atoms with van der Waals surface area (Å²) in [5, 5.41) is 9.44. The van der Waals surface area contributed by atoms with Gasteiger partial charge in [0.2, 0.25) is 0 Å². The summed E-state index contributed by atoms with van der Waals surface area (Å²) in [6.45, 7) is 6.33. The van der Waals surface area contributed by atoms with Crippen molar-refractivity contribution in [2.45, 2.75) is 38.9 Å². The Bertz CT molecular complexity index is 581. The number of nitrogens with zero attached hydrogens (tertiary/aromatic N) is 3. The van der Waals surface area contributed by atoms with Crippen molar-refractivity contribution in [2.75, 3.05) is 20.1 Å². The summed E-state index contributed by atoms with van der Waals surface area (Å²) in [4.78, 5) is 2.57. The van der Waals surface area contributed by atoms with Crippen molar-refractivity contribution in [3.8, 4) is 0 Å². The highest BCUT2D eigenvalue weighted by Crippen LogP contribution is 2.24. The number of para-hydroxylation sites is 1. The van der Waals surface area contributed by atoms with E-state index in [0.717, 1.165) is 19.6 Å². The molecule has 1 unspecified atom stereocenters. The van der Waals surface area contributed by atoms with Crippen molar-refractivity contribution in [1.82, 2.24) is 20.0 Å². The molecule has 2 heterocycles. The van der Waals surface area contributed by atoms with Crippen LogP contribution in [0.15, 0.2) is 24.3 Å². The van der Waals surface area contributed by atoms with E-state index in [-0.39, 0.29) is 12.4 Å². The van der Waals surface area contributed by atoms with Gasteiger partial charge in [-0.1, -0.05) is 18.2 Å². The van der Waals surface area contributed by atoms with E-state index in [9.17, 15) is 0 Å². The zero-order valence-corrected chi connectivity index (χ0v) is 13.7. The van der Waals surface area contributed by atoms with Crippen molar-refractivity contribution < 1.29 is 0 Å². The monoisotopic (exact) mass is 308 g/mol. The summed E-state index contributed by atoms with van der Waals surface area (Å²) >= 11 is 0. The number of aryl methyl sites for hydroxylation is 1. The first-order valence-electron chi connectivity index (χ1n) is 7.66. The predicted octanol–water partition coefficient (Wildman–Crippen LogP) is 2.66. The maximum absolute atomic E-state index is 4.82. The quantitative estimate of drug-likeness (QED) is 0.922. The Balaban J connectivity index is 0.00000161. The lowest BCUT2D eigenvalue weighted by Gasteiger charge is -2.23. The molecule has 1 aromatic heterocycles. The largest absolute Gasteiger partial charge is 0.318 e. The topological polar surface area (TPSA) is 33.1 Å². The Kier molecular flexibility index (Phi) is 5.62. The summed E-state index contributed by atoms with van der Waals surface area (Å²) in [6.07, 6.45) is 2.60. The fraction of sp³-hybridized carbons (Fsp3) is 0.562. The molecule has 3 rings (SSSR count). The molecule has 116 valence electrons. The van der Waals surface area contributed by atoms with Crippen LogP contribution >= 0.6 is 12.4 Å². The molecule has 0 amide bonds.